The Morgan fingerprint density at radius 2 is 1.22 bits per heavy atom. The fourth-order valence-electron chi connectivity index (χ4n) is 4.11. The summed E-state index contributed by atoms with van der Waals surface area (Å²) < 4.78 is 108. The van der Waals surface area contributed by atoms with E-state index in [2.05, 4.69) is 35.8 Å². The summed E-state index contributed by atoms with van der Waals surface area (Å²) in [5, 5.41) is 22.8. The van der Waals surface area contributed by atoms with Gasteiger partial charge in [0.15, 0.2) is 5.75 Å². The van der Waals surface area contributed by atoms with Crippen molar-refractivity contribution in [2.75, 3.05) is 10.6 Å². The summed E-state index contributed by atoms with van der Waals surface area (Å²) in [5.41, 5.74) is -1.67. The van der Waals surface area contributed by atoms with E-state index in [1.165, 1.54) is 12.1 Å². The number of rotatable bonds is 9. The predicted octanol–water partition coefficient (Wildman–Crippen LogP) is -4.34. The standard InChI is InChI=1S/C25H17Cl2N7O10S3.3Na/c26-14-5-1-2-6-15(14)28-24-30-23(27)31-25(32-24)29-17-11-13(45(36,37)38)9-12-10-19(47(42,43)44)21(22(35)20(12)17)34-33-16-7-3-4-8-18(16)46(39,40)41;;;/h1-11,35H,(H,36,37,38)(H,39,40,41)(H,42,43,44)(H2,28,29,30,31,32);;;/q;3*+1/p-3. The summed E-state index contributed by atoms with van der Waals surface area (Å²) in [6.45, 7) is 0. The maximum Gasteiger partial charge on any atom is 1.00 e. The number of phenolic OH excluding ortho intramolecular Hbond substituents is 1. The second kappa shape index (κ2) is 17.5. The molecule has 0 atom stereocenters. The molecular formula is C25H14Cl2N7Na3O10S3. The van der Waals surface area contributed by atoms with Crippen molar-refractivity contribution in [3.8, 4) is 5.75 Å². The molecule has 50 heavy (non-hydrogen) atoms. The first kappa shape index (κ1) is 44.6. The van der Waals surface area contributed by atoms with Crippen LogP contribution in [-0.4, -0.2) is 59.0 Å². The first-order valence-electron chi connectivity index (χ1n) is 12.3. The van der Waals surface area contributed by atoms with Gasteiger partial charge in [-0.05, 0) is 59.5 Å². The molecule has 0 aliphatic carbocycles. The van der Waals surface area contributed by atoms with Crippen LogP contribution in [0.2, 0.25) is 10.3 Å². The average molecular weight is 809 g/mol. The van der Waals surface area contributed by atoms with Gasteiger partial charge in [-0.2, -0.15) is 15.0 Å². The molecule has 0 amide bonds. The molecule has 244 valence electrons. The summed E-state index contributed by atoms with van der Waals surface area (Å²) in [6, 6.07) is 12.9. The number of para-hydroxylation sites is 1. The predicted molar refractivity (Wildman–Crippen MR) is 163 cm³/mol. The zero-order valence-corrected chi connectivity index (χ0v) is 35.7. The first-order valence-corrected chi connectivity index (χ1v) is 17.3. The number of fused-ring (bicyclic) bond motifs is 1. The minimum Gasteiger partial charge on any atom is -0.744 e. The molecule has 1 heterocycles. The fourth-order valence-corrected chi connectivity index (χ4v) is 6.24. The summed E-state index contributed by atoms with van der Waals surface area (Å²) in [4.78, 5) is 8.90. The fraction of sp³-hybridized carbons (Fsp3) is 0. The number of aromatic nitrogens is 3. The van der Waals surface area contributed by atoms with Crippen LogP contribution in [-0.2, 0) is 30.4 Å². The van der Waals surface area contributed by atoms with Gasteiger partial charge in [0.1, 0.15) is 41.7 Å². The Morgan fingerprint density at radius 1 is 0.660 bits per heavy atom. The molecule has 0 aliphatic heterocycles. The van der Waals surface area contributed by atoms with Crippen LogP contribution in [0.3, 0.4) is 0 Å². The first-order chi connectivity index (χ1) is 21.9. The van der Waals surface area contributed by atoms with E-state index in [0.29, 0.717) is 17.8 Å². The number of azo groups is 1. The van der Waals surface area contributed by atoms with Crippen molar-refractivity contribution in [3.63, 3.8) is 0 Å². The van der Waals surface area contributed by atoms with E-state index in [1.54, 1.807) is 24.3 Å². The molecule has 3 N–H and O–H groups in total. The summed E-state index contributed by atoms with van der Waals surface area (Å²) in [6.07, 6.45) is 0. The smallest absolute Gasteiger partial charge is 0.744 e. The van der Waals surface area contributed by atoms with Gasteiger partial charge in [0, 0.05) is 5.39 Å². The summed E-state index contributed by atoms with van der Waals surface area (Å²) in [7, 11) is -15.9. The number of hydrogen-bond donors (Lipinski definition) is 3. The largest absolute Gasteiger partial charge is 1.00 e. The zero-order chi connectivity index (χ0) is 34.3. The Balaban J connectivity index is 0.00000289. The topological polar surface area (TPSA) is 279 Å². The van der Waals surface area contributed by atoms with Crippen LogP contribution in [0.4, 0.5) is 34.6 Å². The number of benzene rings is 4. The van der Waals surface area contributed by atoms with Crippen molar-refractivity contribution in [1.29, 1.82) is 0 Å². The van der Waals surface area contributed by atoms with Crippen molar-refractivity contribution in [2.24, 2.45) is 10.2 Å². The quantitative estimate of drug-likeness (QED) is 0.0721. The maximum atomic E-state index is 12.2. The van der Waals surface area contributed by atoms with Crippen LogP contribution in [0.25, 0.3) is 10.8 Å². The number of hydrogen-bond acceptors (Lipinski definition) is 17. The van der Waals surface area contributed by atoms with Gasteiger partial charge in [-0.25, -0.2) is 25.3 Å². The molecule has 0 bridgehead atoms. The third-order valence-corrected chi connectivity index (χ3v) is 9.09. The number of nitrogens with one attached hydrogen (secondary N) is 2. The molecule has 0 saturated carbocycles. The number of phenols is 1. The number of aromatic hydroxyl groups is 1. The molecule has 0 spiro atoms. The van der Waals surface area contributed by atoms with Crippen LogP contribution >= 0.6 is 23.2 Å². The van der Waals surface area contributed by atoms with E-state index < -0.39 is 78.6 Å². The van der Waals surface area contributed by atoms with E-state index in [-0.39, 0.29) is 111 Å². The third kappa shape index (κ3) is 10.5. The Kier molecular flexibility index (Phi) is 15.6. The molecule has 0 fully saturated rings. The average Bonchev–Trinajstić information content (AvgIpc) is 2.96. The Labute approximate surface area is 360 Å². The maximum absolute atomic E-state index is 12.2. The van der Waals surface area contributed by atoms with Crippen molar-refractivity contribution >= 4 is 99.0 Å². The zero-order valence-electron chi connectivity index (χ0n) is 25.7. The van der Waals surface area contributed by atoms with E-state index in [1.807, 2.05) is 0 Å². The van der Waals surface area contributed by atoms with Gasteiger partial charge in [-0.3, -0.25) is 0 Å². The minimum atomic E-state index is -5.52. The van der Waals surface area contributed by atoms with Crippen molar-refractivity contribution in [1.82, 2.24) is 15.0 Å². The molecule has 17 nitrogen and oxygen atoms in total. The molecule has 0 radical (unpaired) electrons. The van der Waals surface area contributed by atoms with Crippen LogP contribution in [0.15, 0.2) is 91.6 Å². The van der Waals surface area contributed by atoms with Crippen molar-refractivity contribution in [2.45, 2.75) is 14.7 Å². The number of anilines is 4. The van der Waals surface area contributed by atoms with E-state index in [0.717, 1.165) is 18.2 Å². The van der Waals surface area contributed by atoms with Gasteiger partial charge in [0.05, 0.1) is 31.1 Å². The Hall–Kier alpha value is -1.54. The van der Waals surface area contributed by atoms with E-state index >= 15 is 0 Å². The van der Waals surface area contributed by atoms with Gasteiger partial charge >= 0.3 is 88.7 Å². The van der Waals surface area contributed by atoms with Crippen LogP contribution < -0.4 is 99.3 Å². The molecule has 0 unspecified atom stereocenters. The molecule has 0 saturated heterocycles. The molecule has 5 aromatic rings. The number of nitrogens with zero attached hydrogens (tertiary/aromatic N) is 5. The third-order valence-electron chi connectivity index (χ3n) is 6.05. The van der Waals surface area contributed by atoms with Crippen LogP contribution in [0.1, 0.15) is 0 Å². The molecule has 25 heteroatoms. The normalized spacial score (nSPS) is 11.7. The minimum absolute atomic E-state index is 0. The monoisotopic (exact) mass is 807 g/mol. The summed E-state index contributed by atoms with van der Waals surface area (Å²) in [5.74, 6) is -1.66. The second-order valence-corrected chi connectivity index (χ2v) is 14.0. The molecule has 5 rings (SSSR count). The molecule has 4 aromatic carbocycles. The SMILES string of the molecule is O=S(=O)([O-])c1cc(Nc2nc(Cl)nc(Nc3ccccc3Cl)n2)c2c(O)c(N=Nc3ccccc3S(=O)(=O)[O-])c(S(=O)(=O)[O-])cc2c1.[Na+].[Na+].[Na+]. The van der Waals surface area contributed by atoms with Crippen LogP contribution in [0, 0.1) is 0 Å². The van der Waals surface area contributed by atoms with Gasteiger partial charge in [-0.15, -0.1) is 10.2 Å². The van der Waals surface area contributed by atoms with Gasteiger partial charge in [0.25, 0.3) is 0 Å². The van der Waals surface area contributed by atoms with Crippen LogP contribution in [0.5, 0.6) is 5.75 Å². The van der Waals surface area contributed by atoms with E-state index in [9.17, 15) is 44.0 Å². The number of halogens is 2. The van der Waals surface area contributed by atoms with Crippen molar-refractivity contribution < 1.29 is 133 Å². The molecule has 0 aliphatic rings. The molecular weight excluding hydrogens is 794 g/mol. The van der Waals surface area contributed by atoms with Gasteiger partial charge in [0.2, 0.25) is 17.2 Å². The molecule has 1 aromatic heterocycles. The van der Waals surface area contributed by atoms with Gasteiger partial charge in [-0.1, -0.05) is 35.9 Å². The second-order valence-electron chi connectivity index (χ2n) is 9.15. The van der Waals surface area contributed by atoms with E-state index in [4.69, 9.17) is 23.2 Å². The van der Waals surface area contributed by atoms with Crippen molar-refractivity contribution in [3.05, 3.63) is 77.0 Å². The Bertz CT molecular complexity index is 2460. The van der Waals surface area contributed by atoms with Gasteiger partial charge < -0.3 is 29.4 Å². The summed E-state index contributed by atoms with van der Waals surface area (Å²) >= 11 is 12.2. The Morgan fingerprint density at radius 3 is 1.80 bits per heavy atom.